The van der Waals surface area contributed by atoms with Gasteiger partial charge in [0.2, 0.25) is 11.1 Å². The Morgan fingerprint density at radius 2 is 2.32 bits per heavy atom. The fourth-order valence-electron chi connectivity index (χ4n) is 2.62. The zero-order valence-electron chi connectivity index (χ0n) is 12.4. The third kappa shape index (κ3) is 3.36. The lowest BCUT2D eigenvalue weighted by Crippen LogP contribution is -2.44. The number of nitrogens with zero attached hydrogens (tertiary/aromatic N) is 3. The lowest BCUT2D eigenvalue weighted by Gasteiger charge is -2.31. The van der Waals surface area contributed by atoms with E-state index in [1.807, 2.05) is 7.05 Å². The maximum Gasteiger partial charge on any atom is 0.225 e. The third-order valence-corrected chi connectivity index (χ3v) is 4.82. The number of rotatable bonds is 3. The first-order valence-electron chi connectivity index (χ1n) is 7.35. The molecule has 7 heteroatoms. The Hall–Kier alpha value is -1.73. The Bertz CT molecular complexity index is 626. The fraction of sp³-hybridized carbons (Fsp3) is 0.467. The summed E-state index contributed by atoms with van der Waals surface area (Å²) < 4.78 is 0. The monoisotopic (exact) mass is 318 g/mol. The van der Waals surface area contributed by atoms with Gasteiger partial charge in [0.25, 0.3) is 0 Å². The van der Waals surface area contributed by atoms with Gasteiger partial charge in [-0.05, 0) is 43.3 Å². The van der Waals surface area contributed by atoms with Crippen molar-refractivity contribution in [2.45, 2.75) is 25.3 Å². The minimum Gasteiger partial charge on any atom is -0.340 e. The van der Waals surface area contributed by atoms with Gasteiger partial charge in [-0.15, -0.1) is 0 Å². The van der Waals surface area contributed by atoms with Crippen molar-refractivity contribution in [2.75, 3.05) is 25.0 Å². The molecule has 2 aliphatic rings. The summed E-state index contributed by atoms with van der Waals surface area (Å²) in [6.45, 7) is 1.98. The Morgan fingerprint density at radius 1 is 1.45 bits per heavy atom. The number of aromatic nitrogens is 2. The summed E-state index contributed by atoms with van der Waals surface area (Å²) in [4.78, 5) is 34.3. The molecule has 3 rings (SSSR count). The maximum absolute atomic E-state index is 11.7. The standard InChI is InChI=1S/C15H18N4O2S/c1-19(11-3-2-5-16-9-11)15-17-6-4-10(18-15)7-13-12(20)8-14(21)22-13/h4,6-7,11,16H,2-3,5,8-9H2,1H3/b13-7-/t11-/m1/s1. The van der Waals surface area contributed by atoms with Crippen LogP contribution >= 0.6 is 11.8 Å². The van der Waals surface area contributed by atoms with Gasteiger partial charge in [0, 0.05) is 25.8 Å². The van der Waals surface area contributed by atoms with Crippen LogP contribution in [0.1, 0.15) is 25.0 Å². The van der Waals surface area contributed by atoms with Crippen molar-refractivity contribution in [3.8, 4) is 0 Å². The topological polar surface area (TPSA) is 75.2 Å². The lowest BCUT2D eigenvalue weighted by atomic mass is 10.1. The first-order valence-corrected chi connectivity index (χ1v) is 8.17. The van der Waals surface area contributed by atoms with E-state index >= 15 is 0 Å². The maximum atomic E-state index is 11.7. The van der Waals surface area contributed by atoms with Gasteiger partial charge >= 0.3 is 0 Å². The molecule has 22 heavy (non-hydrogen) atoms. The zero-order chi connectivity index (χ0) is 15.5. The van der Waals surface area contributed by atoms with Crippen LogP contribution in [0.25, 0.3) is 6.08 Å². The molecule has 2 aliphatic heterocycles. The SMILES string of the molecule is CN(c1nccc(/C=C2\SC(=O)CC2=O)n1)[C@@H]1CCCNC1. The predicted molar refractivity (Wildman–Crippen MR) is 86.5 cm³/mol. The summed E-state index contributed by atoms with van der Waals surface area (Å²) in [6, 6.07) is 2.13. The quantitative estimate of drug-likeness (QED) is 0.664. The van der Waals surface area contributed by atoms with Crippen molar-refractivity contribution >= 4 is 34.7 Å². The van der Waals surface area contributed by atoms with Crippen LogP contribution in [0.4, 0.5) is 5.95 Å². The molecule has 2 saturated heterocycles. The highest BCUT2D eigenvalue weighted by Gasteiger charge is 2.26. The fourth-order valence-corrected chi connectivity index (χ4v) is 3.43. The number of hydrogen-bond acceptors (Lipinski definition) is 7. The van der Waals surface area contributed by atoms with Crippen molar-refractivity contribution in [2.24, 2.45) is 0 Å². The number of piperidine rings is 1. The number of carbonyl (C=O) groups excluding carboxylic acids is 2. The number of nitrogens with one attached hydrogen (secondary N) is 1. The molecule has 0 aliphatic carbocycles. The molecule has 1 N–H and O–H groups in total. The van der Waals surface area contributed by atoms with Gasteiger partial charge < -0.3 is 10.2 Å². The van der Waals surface area contributed by atoms with Gasteiger partial charge in [0.15, 0.2) is 5.78 Å². The highest BCUT2D eigenvalue weighted by atomic mass is 32.2. The van der Waals surface area contributed by atoms with Gasteiger partial charge in [-0.25, -0.2) is 9.97 Å². The van der Waals surface area contributed by atoms with Gasteiger partial charge in [0.1, 0.15) is 0 Å². The summed E-state index contributed by atoms with van der Waals surface area (Å²) in [5.41, 5.74) is 0.658. The summed E-state index contributed by atoms with van der Waals surface area (Å²) in [6.07, 6.45) is 5.61. The smallest absolute Gasteiger partial charge is 0.225 e. The molecule has 116 valence electrons. The summed E-state index contributed by atoms with van der Waals surface area (Å²) in [5, 5.41) is 3.27. The van der Waals surface area contributed by atoms with Crippen LogP contribution in [0.2, 0.25) is 0 Å². The second-order valence-corrected chi connectivity index (χ2v) is 6.57. The lowest BCUT2D eigenvalue weighted by molar-refractivity contribution is -0.119. The molecule has 6 nitrogen and oxygen atoms in total. The van der Waals surface area contributed by atoms with E-state index in [0.717, 1.165) is 37.7 Å². The number of ketones is 1. The molecule has 0 radical (unpaired) electrons. The molecule has 1 atom stereocenters. The Morgan fingerprint density at radius 3 is 3.00 bits per heavy atom. The number of hydrogen-bond donors (Lipinski definition) is 1. The van der Waals surface area contributed by atoms with Crippen LogP contribution in [-0.4, -0.2) is 47.0 Å². The third-order valence-electron chi connectivity index (χ3n) is 3.88. The minimum atomic E-state index is -0.125. The van der Waals surface area contributed by atoms with Crippen molar-refractivity contribution in [1.82, 2.24) is 15.3 Å². The highest BCUT2D eigenvalue weighted by Crippen LogP contribution is 2.30. The molecule has 2 fully saturated rings. The molecular formula is C15H18N4O2S. The first-order chi connectivity index (χ1) is 10.6. The Labute approximate surface area is 133 Å². The summed E-state index contributed by atoms with van der Waals surface area (Å²) >= 11 is 0.999. The zero-order valence-corrected chi connectivity index (χ0v) is 13.2. The second-order valence-electron chi connectivity index (χ2n) is 5.48. The van der Waals surface area contributed by atoms with Crippen molar-refractivity contribution < 1.29 is 9.59 Å². The van der Waals surface area contributed by atoms with Crippen molar-refractivity contribution in [1.29, 1.82) is 0 Å². The van der Waals surface area contributed by atoms with Crippen molar-refractivity contribution in [3.05, 3.63) is 22.9 Å². The van der Waals surface area contributed by atoms with E-state index in [2.05, 4.69) is 20.2 Å². The largest absolute Gasteiger partial charge is 0.340 e. The van der Waals surface area contributed by atoms with E-state index in [9.17, 15) is 9.59 Å². The summed E-state index contributed by atoms with van der Waals surface area (Å²) in [7, 11) is 1.99. The number of likely N-dealkylation sites (N-methyl/N-ethyl adjacent to an activating group) is 1. The van der Waals surface area contributed by atoms with Gasteiger partial charge in [-0.3, -0.25) is 9.59 Å². The molecule has 1 aromatic heterocycles. The average Bonchev–Trinajstić information content (AvgIpc) is 2.85. The second kappa shape index (κ2) is 6.58. The number of anilines is 1. The molecule has 1 aromatic rings. The number of Topliss-reactive ketones (excluding diaryl/α,β-unsaturated/α-hetero) is 1. The molecule has 0 saturated carbocycles. The first kappa shape index (κ1) is 15.2. The van der Waals surface area contributed by atoms with E-state index in [1.54, 1.807) is 18.3 Å². The van der Waals surface area contributed by atoms with E-state index in [4.69, 9.17) is 0 Å². The van der Waals surface area contributed by atoms with Crippen LogP contribution in [0.15, 0.2) is 17.2 Å². The Balaban J connectivity index is 1.79. The van der Waals surface area contributed by atoms with Crippen LogP contribution in [-0.2, 0) is 9.59 Å². The van der Waals surface area contributed by atoms with Crippen LogP contribution < -0.4 is 10.2 Å². The normalized spacial score (nSPS) is 24.0. The van der Waals surface area contributed by atoms with E-state index < -0.39 is 0 Å². The van der Waals surface area contributed by atoms with Crippen LogP contribution in [0, 0.1) is 0 Å². The van der Waals surface area contributed by atoms with Crippen LogP contribution in [0.5, 0.6) is 0 Å². The number of thioether (sulfide) groups is 1. The van der Waals surface area contributed by atoms with Gasteiger partial charge in [-0.2, -0.15) is 0 Å². The van der Waals surface area contributed by atoms with Gasteiger partial charge in [-0.1, -0.05) is 0 Å². The predicted octanol–water partition coefficient (Wildman–Crippen LogP) is 1.24. The molecular weight excluding hydrogens is 300 g/mol. The van der Waals surface area contributed by atoms with E-state index in [-0.39, 0.29) is 17.3 Å². The molecule has 0 aromatic carbocycles. The Kier molecular flexibility index (Phi) is 4.54. The van der Waals surface area contributed by atoms with Crippen LogP contribution in [0.3, 0.4) is 0 Å². The summed E-state index contributed by atoms with van der Waals surface area (Å²) in [5.74, 6) is 0.518. The number of carbonyl (C=O) groups is 2. The van der Waals surface area contributed by atoms with E-state index in [0.29, 0.717) is 22.6 Å². The molecule has 3 heterocycles. The molecule has 0 bridgehead atoms. The van der Waals surface area contributed by atoms with Crippen molar-refractivity contribution in [3.63, 3.8) is 0 Å². The van der Waals surface area contributed by atoms with E-state index in [1.165, 1.54) is 0 Å². The molecule has 0 spiro atoms. The highest BCUT2D eigenvalue weighted by molar-refractivity contribution is 8.18. The average molecular weight is 318 g/mol. The number of allylic oxidation sites excluding steroid dienone is 1. The molecule has 0 unspecified atom stereocenters. The minimum absolute atomic E-state index is 0.0118. The van der Waals surface area contributed by atoms with Gasteiger partial charge in [0.05, 0.1) is 17.0 Å². The molecule has 0 amide bonds.